The molecule has 0 saturated heterocycles. The monoisotopic (exact) mass is 207 g/mol. The number of ether oxygens (including phenoxy) is 1. The summed E-state index contributed by atoms with van der Waals surface area (Å²) in [5, 5.41) is 0. The van der Waals surface area contributed by atoms with Crippen LogP contribution in [0.5, 0.6) is 5.75 Å². The number of benzene rings is 1. The Morgan fingerprint density at radius 1 is 1.20 bits per heavy atom. The number of rotatable bonds is 5. The van der Waals surface area contributed by atoms with Gasteiger partial charge < -0.3 is 10.5 Å². The Labute approximate surface area is 92.4 Å². The summed E-state index contributed by atoms with van der Waals surface area (Å²) >= 11 is 0. The average molecular weight is 207 g/mol. The van der Waals surface area contributed by atoms with Gasteiger partial charge in [-0.15, -0.1) is 0 Å². The molecule has 0 aliphatic carbocycles. The summed E-state index contributed by atoms with van der Waals surface area (Å²) in [6.07, 6.45) is 2.23. The van der Waals surface area contributed by atoms with E-state index in [1.165, 1.54) is 5.56 Å². The van der Waals surface area contributed by atoms with Crippen molar-refractivity contribution in [1.29, 1.82) is 0 Å². The Morgan fingerprint density at radius 2 is 1.80 bits per heavy atom. The maximum absolute atomic E-state index is 5.73. The Kier molecular flexibility index (Phi) is 4.63. The van der Waals surface area contributed by atoms with Crippen molar-refractivity contribution in [1.82, 2.24) is 0 Å². The van der Waals surface area contributed by atoms with E-state index >= 15 is 0 Å². The summed E-state index contributed by atoms with van der Waals surface area (Å²) in [6.45, 7) is 6.22. The molecule has 0 amide bonds. The van der Waals surface area contributed by atoms with E-state index in [0.29, 0.717) is 0 Å². The molecule has 84 valence electrons. The van der Waals surface area contributed by atoms with Gasteiger partial charge in [0.05, 0.1) is 6.10 Å². The van der Waals surface area contributed by atoms with Crippen molar-refractivity contribution in [3.8, 4) is 5.75 Å². The molecular formula is C13H21NO. The van der Waals surface area contributed by atoms with E-state index in [2.05, 4.69) is 26.0 Å². The van der Waals surface area contributed by atoms with Gasteiger partial charge in [0.15, 0.2) is 0 Å². The Bertz CT molecular complexity index is 279. The lowest BCUT2D eigenvalue weighted by Crippen LogP contribution is -2.17. The van der Waals surface area contributed by atoms with E-state index in [9.17, 15) is 0 Å². The van der Waals surface area contributed by atoms with E-state index in [0.717, 1.165) is 18.6 Å². The van der Waals surface area contributed by atoms with Crippen molar-refractivity contribution >= 4 is 0 Å². The van der Waals surface area contributed by atoms with Gasteiger partial charge in [-0.05, 0) is 44.4 Å². The zero-order valence-electron chi connectivity index (χ0n) is 9.86. The number of nitrogens with two attached hydrogens (primary N) is 1. The summed E-state index contributed by atoms with van der Waals surface area (Å²) in [5.74, 6) is 0.942. The van der Waals surface area contributed by atoms with E-state index in [1.54, 1.807) is 0 Å². The highest BCUT2D eigenvalue weighted by Gasteiger charge is 2.01. The SMILES string of the molecule is CCC(C)Oc1ccc(CC(C)N)cc1. The predicted molar refractivity (Wildman–Crippen MR) is 64.2 cm³/mol. The summed E-state index contributed by atoms with van der Waals surface area (Å²) < 4.78 is 5.69. The molecule has 2 heteroatoms. The molecule has 0 aliphatic rings. The van der Waals surface area contributed by atoms with Crippen molar-refractivity contribution in [2.24, 2.45) is 5.73 Å². The van der Waals surface area contributed by atoms with Crippen molar-refractivity contribution < 1.29 is 4.74 Å². The van der Waals surface area contributed by atoms with Crippen molar-refractivity contribution in [2.75, 3.05) is 0 Å². The Balaban J connectivity index is 2.56. The molecule has 0 bridgehead atoms. The zero-order chi connectivity index (χ0) is 11.3. The van der Waals surface area contributed by atoms with Gasteiger partial charge >= 0.3 is 0 Å². The van der Waals surface area contributed by atoms with Gasteiger partial charge in [-0.25, -0.2) is 0 Å². The third kappa shape index (κ3) is 4.34. The highest BCUT2D eigenvalue weighted by atomic mass is 16.5. The number of hydrogen-bond acceptors (Lipinski definition) is 2. The van der Waals surface area contributed by atoms with Crippen LogP contribution in [0, 0.1) is 0 Å². The molecule has 2 nitrogen and oxygen atoms in total. The van der Waals surface area contributed by atoms with Gasteiger partial charge in [0.2, 0.25) is 0 Å². The van der Waals surface area contributed by atoms with Gasteiger partial charge in [0.25, 0.3) is 0 Å². The fourth-order valence-electron chi connectivity index (χ4n) is 1.39. The molecule has 2 atom stereocenters. The van der Waals surface area contributed by atoms with Gasteiger partial charge in [-0.3, -0.25) is 0 Å². The molecule has 2 unspecified atom stereocenters. The molecule has 1 rings (SSSR count). The van der Waals surface area contributed by atoms with Crippen molar-refractivity contribution in [2.45, 2.75) is 45.8 Å². The van der Waals surface area contributed by atoms with Crippen LogP contribution >= 0.6 is 0 Å². The molecule has 0 spiro atoms. The van der Waals surface area contributed by atoms with Crippen LogP contribution in [-0.4, -0.2) is 12.1 Å². The molecule has 0 aromatic heterocycles. The summed E-state index contributed by atoms with van der Waals surface area (Å²) in [5.41, 5.74) is 7.00. The first kappa shape index (κ1) is 12.1. The van der Waals surface area contributed by atoms with E-state index in [-0.39, 0.29) is 12.1 Å². The fourth-order valence-corrected chi connectivity index (χ4v) is 1.39. The minimum atomic E-state index is 0.214. The van der Waals surface area contributed by atoms with Crippen LogP contribution in [0.2, 0.25) is 0 Å². The minimum Gasteiger partial charge on any atom is -0.491 e. The summed E-state index contributed by atoms with van der Waals surface area (Å²) in [4.78, 5) is 0. The van der Waals surface area contributed by atoms with E-state index in [1.807, 2.05) is 19.1 Å². The highest BCUT2D eigenvalue weighted by Crippen LogP contribution is 2.15. The van der Waals surface area contributed by atoms with Crippen molar-refractivity contribution in [3.63, 3.8) is 0 Å². The molecule has 15 heavy (non-hydrogen) atoms. The first-order chi connectivity index (χ1) is 7.11. The Morgan fingerprint density at radius 3 is 2.27 bits per heavy atom. The maximum atomic E-state index is 5.73. The van der Waals surface area contributed by atoms with Crippen molar-refractivity contribution in [3.05, 3.63) is 29.8 Å². The van der Waals surface area contributed by atoms with Gasteiger partial charge in [0.1, 0.15) is 5.75 Å². The van der Waals surface area contributed by atoms with Crippen LogP contribution in [0.3, 0.4) is 0 Å². The molecule has 1 aromatic carbocycles. The van der Waals surface area contributed by atoms with Crippen LogP contribution in [-0.2, 0) is 6.42 Å². The topological polar surface area (TPSA) is 35.2 Å². The normalized spacial score (nSPS) is 14.7. The number of hydrogen-bond donors (Lipinski definition) is 1. The highest BCUT2D eigenvalue weighted by molar-refractivity contribution is 5.27. The van der Waals surface area contributed by atoms with Crippen LogP contribution in [0.25, 0.3) is 0 Å². The average Bonchev–Trinajstić information content (AvgIpc) is 2.20. The summed E-state index contributed by atoms with van der Waals surface area (Å²) in [6, 6.07) is 8.42. The second-order valence-electron chi connectivity index (χ2n) is 4.16. The lowest BCUT2D eigenvalue weighted by Gasteiger charge is -2.13. The zero-order valence-corrected chi connectivity index (χ0v) is 9.86. The third-order valence-corrected chi connectivity index (χ3v) is 2.39. The molecule has 0 radical (unpaired) electrons. The fraction of sp³-hybridized carbons (Fsp3) is 0.538. The van der Waals surface area contributed by atoms with Gasteiger partial charge in [-0.2, -0.15) is 0 Å². The molecular weight excluding hydrogens is 186 g/mol. The second-order valence-corrected chi connectivity index (χ2v) is 4.16. The van der Waals surface area contributed by atoms with Gasteiger partial charge in [-0.1, -0.05) is 19.1 Å². The first-order valence-corrected chi connectivity index (χ1v) is 5.63. The van der Waals surface area contributed by atoms with E-state index < -0.39 is 0 Å². The maximum Gasteiger partial charge on any atom is 0.119 e. The predicted octanol–water partition coefficient (Wildman–Crippen LogP) is 2.75. The smallest absolute Gasteiger partial charge is 0.119 e. The van der Waals surface area contributed by atoms with E-state index in [4.69, 9.17) is 10.5 Å². The molecule has 1 aromatic rings. The van der Waals surface area contributed by atoms with Crippen LogP contribution in [0.15, 0.2) is 24.3 Å². The lowest BCUT2D eigenvalue weighted by molar-refractivity contribution is 0.217. The lowest BCUT2D eigenvalue weighted by atomic mass is 10.1. The standard InChI is InChI=1S/C13H21NO/c1-4-11(3)15-13-7-5-12(6-8-13)9-10(2)14/h5-8,10-11H,4,9,14H2,1-3H3. The molecule has 0 fully saturated rings. The Hall–Kier alpha value is -1.02. The van der Waals surface area contributed by atoms with Crippen LogP contribution in [0.4, 0.5) is 0 Å². The first-order valence-electron chi connectivity index (χ1n) is 5.63. The second kappa shape index (κ2) is 5.76. The quantitative estimate of drug-likeness (QED) is 0.805. The summed E-state index contributed by atoms with van der Waals surface area (Å²) in [7, 11) is 0. The molecule has 0 aliphatic heterocycles. The largest absolute Gasteiger partial charge is 0.491 e. The molecule has 0 heterocycles. The molecule has 0 saturated carbocycles. The van der Waals surface area contributed by atoms with Gasteiger partial charge in [0, 0.05) is 6.04 Å². The van der Waals surface area contributed by atoms with Crippen LogP contribution < -0.4 is 10.5 Å². The minimum absolute atomic E-state index is 0.214. The molecule has 2 N–H and O–H groups in total. The van der Waals surface area contributed by atoms with Crippen LogP contribution in [0.1, 0.15) is 32.8 Å². The third-order valence-electron chi connectivity index (χ3n) is 2.39.